The van der Waals surface area contributed by atoms with Crippen LogP contribution in [0, 0.1) is 0 Å². The summed E-state index contributed by atoms with van der Waals surface area (Å²) >= 11 is 1.03. The molecule has 0 radical (unpaired) electrons. The Hall–Kier alpha value is -1.53. The summed E-state index contributed by atoms with van der Waals surface area (Å²) in [4.78, 5) is 10.4. The van der Waals surface area contributed by atoms with Gasteiger partial charge in [0.05, 0.1) is 0 Å². The second-order valence-electron chi connectivity index (χ2n) is 3.69. The standard InChI is InChI=1S/C13H11NO3S/c1-3-7-11(8-4-1)13-14(15-13)18-17-16-12-9-5-2-6-10-12/h1-10,13H. The molecule has 4 nitrogen and oxygen atoms in total. The Morgan fingerprint density at radius 1 is 0.944 bits per heavy atom. The lowest BCUT2D eigenvalue weighted by Crippen LogP contribution is -1.93. The van der Waals surface area contributed by atoms with E-state index in [9.17, 15) is 0 Å². The first-order chi connectivity index (χ1) is 8.93. The molecule has 0 aliphatic carbocycles. The molecular formula is C13H11NO3S. The normalized spacial score (nSPS) is 21.6. The molecule has 5 heteroatoms. The quantitative estimate of drug-likeness (QED) is 0.270. The third-order valence-corrected chi connectivity index (χ3v) is 2.97. The third-order valence-electron chi connectivity index (χ3n) is 2.41. The summed E-state index contributed by atoms with van der Waals surface area (Å²) in [6.45, 7) is 0. The Labute approximate surface area is 109 Å². The van der Waals surface area contributed by atoms with Crippen LogP contribution in [0.4, 0.5) is 0 Å². The number of nitrogens with zero attached hydrogens (tertiary/aromatic N) is 1. The van der Waals surface area contributed by atoms with Crippen LogP contribution in [0.5, 0.6) is 5.75 Å². The van der Waals surface area contributed by atoms with Crippen molar-refractivity contribution in [1.29, 1.82) is 0 Å². The Morgan fingerprint density at radius 2 is 1.61 bits per heavy atom. The van der Waals surface area contributed by atoms with Crippen LogP contribution in [-0.2, 0) is 9.17 Å². The minimum atomic E-state index is -0.0597. The highest BCUT2D eigenvalue weighted by Gasteiger charge is 2.40. The van der Waals surface area contributed by atoms with Gasteiger partial charge in [0.2, 0.25) is 0 Å². The molecule has 0 aromatic heterocycles. The van der Waals surface area contributed by atoms with Gasteiger partial charge in [0.1, 0.15) is 0 Å². The maximum Gasteiger partial charge on any atom is 0.194 e. The zero-order valence-electron chi connectivity index (χ0n) is 9.43. The van der Waals surface area contributed by atoms with E-state index >= 15 is 0 Å². The first-order valence-electron chi connectivity index (χ1n) is 5.51. The van der Waals surface area contributed by atoms with Gasteiger partial charge in [-0.25, -0.2) is 0 Å². The Balaban J connectivity index is 1.44. The fraction of sp³-hybridized carbons (Fsp3) is 0.0769. The Kier molecular flexibility index (Phi) is 3.47. The maximum atomic E-state index is 5.33. The first kappa shape index (κ1) is 11.6. The average Bonchev–Trinajstić information content (AvgIpc) is 3.21. The minimum absolute atomic E-state index is 0.0597. The number of rotatable bonds is 5. The molecule has 92 valence electrons. The van der Waals surface area contributed by atoms with Gasteiger partial charge in [-0.1, -0.05) is 57.3 Å². The number of para-hydroxylation sites is 1. The lowest BCUT2D eigenvalue weighted by atomic mass is 10.2. The van der Waals surface area contributed by atoms with Crippen molar-refractivity contribution in [3.05, 3.63) is 66.2 Å². The molecule has 2 aromatic rings. The molecule has 2 unspecified atom stereocenters. The highest BCUT2D eigenvalue weighted by atomic mass is 32.2. The molecule has 1 heterocycles. The zero-order valence-corrected chi connectivity index (χ0v) is 10.2. The van der Waals surface area contributed by atoms with Gasteiger partial charge in [-0.2, -0.15) is 0 Å². The van der Waals surface area contributed by atoms with E-state index in [1.165, 1.54) is 0 Å². The predicted octanol–water partition coefficient (Wildman–Crippen LogP) is 3.51. The number of benzene rings is 2. The van der Waals surface area contributed by atoms with Gasteiger partial charge in [-0.05, 0) is 12.1 Å². The highest BCUT2D eigenvalue weighted by Crippen LogP contribution is 2.43. The van der Waals surface area contributed by atoms with Gasteiger partial charge in [0, 0.05) is 5.56 Å². The molecule has 0 amide bonds. The van der Waals surface area contributed by atoms with Crippen molar-refractivity contribution < 1.29 is 14.1 Å². The van der Waals surface area contributed by atoms with E-state index in [0.29, 0.717) is 5.75 Å². The molecule has 0 saturated carbocycles. The van der Waals surface area contributed by atoms with E-state index in [0.717, 1.165) is 17.8 Å². The molecule has 1 aliphatic heterocycles. The van der Waals surface area contributed by atoms with Crippen LogP contribution in [-0.4, -0.2) is 4.47 Å². The van der Waals surface area contributed by atoms with Gasteiger partial charge in [0.15, 0.2) is 24.2 Å². The molecule has 1 fully saturated rings. The lowest BCUT2D eigenvalue weighted by molar-refractivity contribution is -0.0826. The lowest BCUT2D eigenvalue weighted by Gasteiger charge is -2.01. The van der Waals surface area contributed by atoms with Crippen molar-refractivity contribution in [3.8, 4) is 5.75 Å². The minimum Gasteiger partial charge on any atom is -0.324 e. The molecule has 0 spiro atoms. The number of hydrogen-bond donors (Lipinski definition) is 0. The van der Waals surface area contributed by atoms with Gasteiger partial charge in [-0.3, -0.25) is 4.84 Å². The molecule has 3 rings (SSSR count). The molecule has 0 N–H and O–H groups in total. The molecule has 1 aliphatic rings. The number of hydroxylamine groups is 1. The van der Waals surface area contributed by atoms with Crippen LogP contribution in [0.3, 0.4) is 0 Å². The maximum absolute atomic E-state index is 5.33. The van der Waals surface area contributed by atoms with Crippen LogP contribution in [0.1, 0.15) is 11.8 Å². The molecule has 0 bridgehead atoms. The van der Waals surface area contributed by atoms with Crippen LogP contribution < -0.4 is 4.89 Å². The molecule has 2 aromatic carbocycles. The van der Waals surface area contributed by atoms with Crippen molar-refractivity contribution >= 4 is 12.2 Å². The second kappa shape index (κ2) is 5.41. The van der Waals surface area contributed by atoms with Crippen LogP contribution in [0.25, 0.3) is 0 Å². The Morgan fingerprint density at radius 3 is 2.33 bits per heavy atom. The van der Waals surface area contributed by atoms with Crippen molar-refractivity contribution in [2.75, 3.05) is 0 Å². The van der Waals surface area contributed by atoms with E-state index in [2.05, 4.69) is 0 Å². The fourth-order valence-electron chi connectivity index (χ4n) is 1.49. The van der Waals surface area contributed by atoms with E-state index in [4.69, 9.17) is 14.1 Å². The summed E-state index contributed by atoms with van der Waals surface area (Å²) in [5.74, 6) is 0.656. The summed E-state index contributed by atoms with van der Waals surface area (Å²) in [5.41, 5.74) is 1.09. The van der Waals surface area contributed by atoms with Gasteiger partial charge in [0.25, 0.3) is 0 Å². The zero-order chi connectivity index (χ0) is 12.2. The first-order valence-corrected chi connectivity index (χ1v) is 6.21. The predicted molar refractivity (Wildman–Crippen MR) is 67.9 cm³/mol. The van der Waals surface area contributed by atoms with E-state index < -0.39 is 0 Å². The summed E-state index contributed by atoms with van der Waals surface area (Å²) in [7, 11) is 0. The van der Waals surface area contributed by atoms with E-state index in [-0.39, 0.29) is 6.23 Å². The third kappa shape index (κ3) is 2.83. The van der Waals surface area contributed by atoms with Gasteiger partial charge in [-0.15, -0.1) is 0 Å². The fourth-order valence-corrected chi connectivity index (χ4v) is 1.97. The smallest absolute Gasteiger partial charge is 0.194 e. The highest BCUT2D eigenvalue weighted by molar-refractivity contribution is 7.92. The topological polar surface area (TPSA) is 34.0 Å². The SMILES string of the molecule is c1ccc(OOSN2OC2c2ccccc2)cc1. The van der Waals surface area contributed by atoms with Crippen molar-refractivity contribution in [2.45, 2.75) is 6.23 Å². The van der Waals surface area contributed by atoms with Gasteiger partial charge >= 0.3 is 0 Å². The summed E-state index contributed by atoms with van der Waals surface area (Å²) in [5, 5.41) is 0. The summed E-state index contributed by atoms with van der Waals surface area (Å²) < 4.78 is 6.64. The number of hydrogen-bond acceptors (Lipinski definition) is 5. The van der Waals surface area contributed by atoms with Crippen LogP contribution in [0.2, 0.25) is 0 Å². The van der Waals surface area contributed by atoms with Crippen LogP contribution in [0.15, 0.2) is 60.7 Å². The van der Waals surface area contributed by atoms with Crippen molar-refractivity contribution in [2.24, 2.45) is 0 Å². The average molecular weight is 261 g/mol. The van der Waals surface area contributed by atoms with E-state index in [1.54, 1.807) is 4.47 Å². The summed E-state index contributed by atoms with van der Waals surface area (Å²) in [6, 6.07) is 19.2. The monoisotopic (exact) mass is 261 g/mol. The van der Waals surface area contributed by atoms with Gasteiger partial charge < -0.3 is 4.89 Å². The molecule has 2 atom stereocenters. The molecular weight excluding hydrogens is 250 g/mol. The Bertz CT molecular complexity index is 494. The summed E-state index contributed by atoms with van der Waals surface area (Å²) in [6.07, 6.45) is -0.0597. The van der Waals surface area contributed by atoms with Crippen molar-refractivity contribution in [3.63, 3.8) is 0 Å². The van der Waals surface area contributed by atoms with Crippen LogP contribution >= 0.6 is 12.2 Å². The molecule has 18 heavy (non-hydrogen) atoms. The van der Waals surface area contributed by atoms with Crippen molar-refractivity contribution in [1.82, 2.24) is 4.47 Å². The largest absolute Gasteiger partial charge is 0.324 e. The van der Waals surface area contributed by atoms with E-state index in [1.807, 2.05) is 60.7 Å². The second-order valence-corrected chi connectivity index (χ2v) is 4.34. The molecule has 1 saturated heterocycles.